The summed E-state index contributed by atoms with van der Waals surface area (Å²) in [5.41, 5.74) is 5.84. The molecule has 0 bridgehead atoms. The molecule has 20 heavy (non-hydrogen) atoms. The van der Waals surface area contributed by atoms with Gasteiger partial charge in [-0.25, -0.2) is 0 Å². The normalized spacial score (nSPS) is 13.3. The molecule has 0 aromatic carbocycles. The summed E-state index contributed by atoms with van der Waals surface area (Å²) in [5.74, 6) is 0.0152. The molecule has 0 fully saturated rings. The number of amides is 1. The van der Waals surface area contributed by atoms with Crippen LogP contribution in [-0.2, 0) is 4.79 Å². The zero-order chi connectivity index (χ0) is 15.6. The highest BCUT2D eigenvalue weighted by Gasteiger charge is 2.30. The summed E-state index contributed by atoms with van der Waals surface area (Å²) in [5, 5.41) is 8.97. The van der Waals surface area contributed by atoms with Crippen LogP contribution >= 0.6 is 0 Å². The summed E-state index contributed by atoms with van der Waals surface area (Å²) in [6.45, 7) is 9.63. The lowest BCUT2D eigenvalue weighted by molar-refractivity contribution is -0.135. The summed E-state index contributed by atoms with van der Waals surface area (Å²) in [6, 6.07) is -0.475. The molecule has 120 valence electrons. The summed E-state index contributed by atoms with van der Waals surface area (Å²) in [4.78, 5) is 14.3. The van der Waals surface area contributed by atoms with E-state index in [4.69, 9.17) is 10.8 Å². The van der Waals surface area contributed by atoms with E-state index in [0.717, 1.165) is 19.4 Å². The van der Waals surface area contributed by atoms with Gasteiger partial charge >= 0.3 is 0 Å². The maximum Gasteiger partial charge on any atom is 0.240 e. The van der Waals surface area contributed by atoms with Crippen molar-refractivity contribution in [3.8, 4) is 0 Å². The van der Waals surface area contributed by atoms with Gasteiger partial charge in [0.2, 0.25) is 5.91 Å². The molecule has 0 aliphatic rings. The first-order valence-electron chi connectivity index (χ1n) is 7.99. The second-order valence-corrected chi connectivity index (χ2v) is 6.66. The van der Waals surface area contributed by atoms with Crippen molar-refractivity contribution in [2.75, 3.05) is 19.7 Å². The first-order chi connectivity index (χ1) is 9.34. The third-order valence-corrected chi connectivity index (χ3v) is 3.63. The van der Waals surface area contributed by atoms with Gasteiger partial charge in [0.15, 0.2) is 0 Å². The Morgan fingerprint density at radius 1 is 1.10 bits per heavy atom. The maximum absolute atomic E-state index is 12.4. The number of aliphatic hydroxyl groups is 1. The minimum atomic E-state index is -0.475. The molecular formula is C16H34N2O2. The first-order valence-corrected chi connectivity index (χ1v) is 7.99. The molecule has 3 N–H and O–H groups in total. The smallest absolute Gasteiger partial charge is 0.240 e. The minimum Gasteiger partial charge on any atom is -0.396 e. The molecule has 0 aromatic heterocycles. The van der Waals surface area contributed by atoms with E-state index in [-0.39, 0.29) is 17.9 Å². The average Bonchev–Trinajstić information content (AvgIpc) is 2.39. The Kier molecular flexibility index (Phi) is 9.86. The van der Waals surface area contributed by atoms with Crippen molar-refractivity contribution in [1.29, 1.82) is 0 Å². The first kappa shape index (κ1) is 19.4. The van der Waals surface area contributed by atoms with Crippen LogP contribution in [-0.4, -0.2) is 41.7 Å². The van der Waals surface area contributed by atoms with E-state index in [2.05, 4.69) is 6.92 Å². The van der Waals surface area contributed by atoms with E-state index < -0.39 is 6.04 Å². The van der Waals surface area contributed by atoms with Gasteiger partial charge in [0.05, 0.1) is 6.04 Å². The largest absolute Gasteiger partial charge is 0.396 e. The van der Waals surface area contributed by atoms with Gasteiger partial charge in [0.1, 0.15) is 0 Å². The molecule has 1 unspecified atom stereocenters. The third-order valence-electron chi connectivity index (χ3n) is 3.63. The van der Waals surface area contributed by atoms with E-state index in [1.807, 2.05) is 25.7 Å². The van der Waals surface area contributed by atoms with Gasteiger partial charge in [0, 0.05) is 19.7 Å². The van der Waals surface area contributed by atoms with Gasteiger partial charge in [-0.3, -0.25) is 4.79 Å². The molecule has 0 aromatic rings. The zero-order valence-corrected chi connectivity index (χ0v) is 13.8. The molecule has 4 nitrogen and oxygen atoms in total. The molecule has 0 radical (unpaired) electrons. The van der Waals surface area contributed by atoms with Crippen molar-refractivity contribution < 1.29 is 9.90 Å². The van der Waals surface area contributed by atoms with Gasteiger partial charge in [-0.05, 0) is 18.3 Å². The second kappa shape index (κ2) is 10.2. The number of aliphatic hydroxyl groups excluding tert-OH is 1. The Balaban J connectivity index is 4.35. The van der Waals surface area contributed by atoms with E-state index in [1.54, 1.807) is 0 Å². The van der Waals surface area contributed by atoms with Crippen LogP contribution < -0.4 is 5.73 Å². The number of carbonyl (C=O) groups is 1. The Hall–Kier alpha value is -0.610. The van der Waals surface area contributed by atoms with Crippen LogP contribution in [0, 0.1) is 5.41 Å². The second-order valence-electron chi connectivity index (χ2n) is 6.66. The molecule has 1 amide bonds. The predicted molar refractivity (Wildman–Crippen MR) is 84.5 cm³/mol. The lowest BCUT2D eigenvalue weighted by Gasteiger charge is -2.32. The number of nitrogens with two attached hydrogens (primary N) is 1. The minimum absolute atomic E-state index is 0.0152. The highest BCUT2D eigenvalue weighted by molar-refractivity contribution is 5.82. The number of hydrogen-bond acceptors (Lipinski definition) is 3. The Morgan fingerprint density at radius 3 is 2.15 bits per heavy atom. The molecule has 0 saturated heterocycles. The van der Waals surface area contributed by atoms with Crippen LogP contribution in [0.3, 0.4) is 0 Å². The number of nitrogens with zero attached hydrogens (tertiary/aromatic N) is 1. The van der Waals surface area contributed by atoms with Crippen LogP contribution in [0.15, 0.2) is 0 Å². The molecule has 0 rings (SSSR count). The lowest BCUT2D eigenvalue weighted by Crippen LogP contribution is -2.51. The molecule has 0 spiro atoms. The Morgan fingerprint density at radius 2 is 1.65 bits per heavy atom. The predicted octanol–water partition coefficient (Wildman–Crippen LogP) is 2.54. The van der Waals surface area contributed by atoms with Crippen molar-refractivity contribution in [3.63, 3.8) is 0 Å². The summed E-state index contributed by atoms with van der Waals surface area (Å²) >= 11 is 0. The summed E-state index contributed by atoms with van der Waals surface area (Å²) < 4.78 is 0. The maximum atomic E-state index is 12.4. The molecule has 0 saturated carbocycles. The van der Waals surface area contributed by atoms with Gasteiger partial charge in [-0.15, -0.1) is 0 Å². The van der Waals surface area contributed by atoms with E-state index >= 15 is 0 Å². The molecule has 4 heteroatoms. The molecular weight excluding hydrogens is 252 g/mol. The number of rotatable bonds is 10. The van der Waals surface area contributed by atoms with Crippen LogP contribution in [0.5, 0.6) is 0 Å². The fraction of sp³-hybridized carbons (Fsp3) is 0.938. The van der Waals surface area contributed by atoms with Crippen LogP contribution in [0.2, 0.25) is 0 Å². The van der Waals surface area contributed by atoms with Crippen molar-refractivity contribution in [2.24, 2.45) is 11.1 Å². The van der Waals surface area contributed by atoms with E-state index in [1.165, 1.54) is 19.3 Å². The van der Waals surface area contributed by atoms with Gasteiger partial charge in [-0.1, -0.05) is 53.4 Å². The van der Waals surface area contributed by atoms with Crippen LogP contribution in [0.4, 0.5) is 0 Å². The van der Waals surface area contributed by atoms with Crippen LogP contribution in [0.25, 0.3) is 0 Å². The van der Waals surface area contributed by atoms with Gasteiger partial charge in [-0.2, -0.15) is 0 Å². The Labute approximate surface area is 124 Å². The van der Waals surface area contributed by atoms with Gasteiger partial charge < -0.3 is 15.7 Å². The van der Waals surface area contributed by atoms with E-state index in [9.17, 15) is 4.79 Å². The lowest BCUT2D eigenvalue weighted by atomic mass is 9.86. The SMILES string of the molecule is CCCCCCCN(CCCO)C(=O)C(N)C(C)(C)C. The van der Waals surface area contributed by atoms with Crippen LogP contribution in [0.1, 0.15) is 66.2 Å². The summed E-state index contributed by atoms with van der Waals surface area (Å²) in [7, 11) is 0. The fourth-order valence-corrected chi connectivity index (χ4v) is 2.07. The highest BCUT2D eigenvalue weighted by atomic mass is 16.3. The van der Waals surface area contributed by atoms with Crippen molar-refractivity contribution in [2.45, 2.75) is 72.3 Å². The topological polar surface area (TPSA) is 66.6 Å². The van der Waals surface area contributed by atoms with Crippen molar-refractivity contribution >= 4 is 5.91 Å². The molecule has 1 atom stereocenters. The molecule has 0 aliphatic carbocycles. The Bertz CT molecular complexity index is 262. The summed E-state index contributed by atoms with van der Waals surface area (Å²) in [6.07, 6.45) is 6.51. The fourth-order valence-electron chi connectivity index (χ4n) is 2.07. The highest BCUT2D eigenvalue weighted by Crippen LogP contribution is 2.19. The molecule has 0 heterocycles. The monoisotopic (exact) mass is 286 g/mol. The molecule has 0 aliphatic heterocycles. The van der Waals surface area contributed by atoms with Crippen molar-refractivity contribution in [3.05, 3.63) is 0 Å². The number of carbonyl (C=O) groups excluding carboxylic acids is 1. The average molecular weight is 286 g/mol. The standard InChI is InChI=1S/C16H34N2O2/c1-5-6-7-8-9-11-18(12-10-13-19)15(20)14(17)16(2,3)4/h14,19H,5-13,17H2,1-4H3. The third kappa shape index (κ3) is 7.85. The quantitative estimate of drug-likeness (QED) is 0.606. The van der Waals surface area contributed by atoms with E-state index in [0.29, 0.717) is 13.0 Å². The number of unbranched alkanes of at least 4 members (excludes halogenated alkanes) is 4. The van der Waals surface area contributed by atoms with Crippen molar-refractivity contribution in [1.82, 2.24) is 4.90 Å². The zero-order valence-electron chi connectivity index (χ0n) is 13.8. The van der Waals surface area contributed by atoms with Gasteiger partial charge in [0.25, 0.3) is 0 Å². The number of hydrogen-bond donors (Lipinski definition) is 2.